The van der Waals surface area contributed by atoms with Crippen LogP contribution in [0.4, 0.5) is 0 Å². The van der Waals surface area contributed by atoms with Gasteiger partial charge in [-0.3, -0.25) is 4.79 Å². The number of carbonyl (C=O) groups is 1. The Balaban J connectivity index is 0.00000169. The first-order valence-corrected chi connectivity index (χ1v) is 5.18. The van der Waals surface area contributed by atoms with Crippen LogP contribution in [0.1, 0.15) is 38.5 Å². The molecule has 0 bridgehead atoms. The second-order valence-electron chi connectivity index (χ2n) is 3.93. The number of hydrogen-bond acceptors (Lipinski definition) is 2. The molecule has 1 aliphatic carbocycles. The Morgan fingerprint density at radius 3 is 2.14 bits per heavy atom. The molecule has 1 unspecified atom stereocenters. The number of aliphatic carboxylic acids is 1. The molecule has 1 aliphatic rings. The topological polar surface area (TPSA) is 63.3 Å². The van der Waals surface area contributed by atoms with Gasteiger partial charge in [0, 0.05) is 6.54 Å². The highest BCUT2D eigenvalue weighted by atomic mass is 35.5. The largest absolute Gasteiger partial charge is 0.481 e. The zero-order chi connectivity index (χ0) is 9.68. The Bertz CT molecular complexity index is 168. The first-order valence-electron chi connectivity index (χ1n) is 5.18. The first-order chi connectivity index (χ1) is 6.25. The van der Waals surface area contributed by atoms with E-state index in [2.05, 4.69) is 0 Å². The van der Waals surface area contributed by atoms with E-state index in [0.717, 1.165) is 12.8 Å². The van der Waals surface area contributed by atoms with Crippen molar-refractivity contribution in [2.24, 2.45) is 17.6 Å². The fourth-order valence-corrected chi connectivity index (χ4v) is 2.21. The zero-order valence-electron chi connectivity index (χ0n) is 8.45. The molecule has 0 spiro atoms. The van der Waals surface area contributed by atoms with Gasteiger partial charge in [-0.15, -0.1) is 12.4 Å². The Morgan fingerprint density at radius 1 is 1.29 bits per heavy atom. The maximum Gasteiger partial charge on any atom is 0.308 e. The lowest BCUT2D eigenvalue weighted by atomic mass is 9.86. The molecular formula is C10H20ClNO2. The summed E-state index contributed by atoms with van der Waals surface area (Å²) in [7, 11) is 0. The van der Waals surface area contributed by atoms with E-state index in [1.165, 1.54) is 25.7 Å². The van der Waals surface area contributed by atoms with Crippen molar-refractivity contribution in [3.8, 4) is 0 Å². The van der Waals surface area contributed by atoms with Crippen LogP contribution in [-0.4, -0.2) is 17.6 Å². The van der Waals surface area contributed by atoms with Gasteiger partial charge in [-0.05, 0) is 18.8 Å². The minimum absolute atomic E-state index is 0. The van der Waals surface area contributed by atoms with Crippen molar-refractivity contribution in [3.05, 3.63) is 0 Å². The van der Waals surface area contributed by atoms with Gasteiger partial charge in [0.25, 0.3) is 0 Å². The van der Waals surface area contributed by atoms with E-state index in [1.807, 2.05) is 0 Å². The van der Waals surface area contributed by atoms with Gasteiger partial charge in [-0.1, -0.05) is 25.7 Å². The minimum atomic E-state index is -0.714. The summed E-state index contributed by atoms with van der Waals surface area (Å²) in [6.45, 7) is 0.292. The molecule has 0 aliphatic heterocycles. The van der Waals surface area contributed by atoms with Crippen LogP contribution in [-0.2, 0) is 4.79 Å². The first kappa shape index (κ1) is 13.7. The summed E-state index contributed by atoms with van der Waals surface area (Å²) in [5.41, 5.74) is 5.47. The molecule has 0 heterocycles. The second-order valence-corrected chi connectivity index (χ2v) is 3.93. The molecular weight excluding hydrogens is 202 g/mol. The molecule has 84 valence electrons. The van der Waals surface area contributed by atoms with Crippen LogP contribution < -0.4 is 5.73 Å². The van der Waals surface area contributed by atoms with Crippen LogP contribution in [0.3, 0.4) is 0 Å². The lowest BCUT2D eigenvalue weighted by molar-refractivity contribution is -0.143. The van der Waals surface area contributed by atoms with Gasteiger partial charge in [-0.2, -0.15) is 0 Å². The molecule has 0 radical (unpaired) electrons. The normalized spacial score (nSPS) is 20.6. The fourth-order valence-electron chi connectivity index (χ4n) is 2.21. The molecule has 0 aromatic heterocycles. The van der Waals surface area contributed by atoms with Crippen LogP contribution >= 0.6 is 12.4 Å². The molecule has 1 atom stereocenters. The zero-order valence-corrected chi connectivity index (χ0v) is 9.26. The van der Waals surface area contributed by atoms with Crippen molar-refractivity contribution in [2.75, 3.05) is 6.54 Å². The van der Waals surface area contributed by atoms with Crippen LogP contribution in [0, 0.1) is 11.8 Å². The highest BCUT2D eigenvalue weighted by Gasteiger charge is 2.26. The number of hydrogen-bond donors (Lipinski definition) is 2. The maximum absolute atomic E-state index is 10.9. The van der Waals surface area contributed by atoms with Crippen molar-refractivity contribution >= 4 is 18.4 Å². The number of carboxylic acids is 1. The second kappa shape index (κ2) is 7.07. The predicted octanol–water partition coefficient (Wildman–Crippen LogP) is 2.04. The average molecular weight is 222 g/mol. The molecule has 14 heavy (non-hydrogen) atoms. The molecule has 1 rings (SSSR count). The highest BCUT2D eigenvalue weighted by molar-refractivity contribution is 5.85. The van der Waals surface area contributed by atoms with Crippen LogP contribution in [0.5, 0.6) is 0 Å². The molecule has 1 fully saturated rings. The van der Waals surface area contributed by atoms with E-state index in [1.54, 1.807) is 0 Å². The minimum Gasteiger partial charge on any atom is -0.481 e. The summed E-state index contributed by atoms with van der Waals surface area (Å²) in [6, 6.07) is 0. The standard InChI is InChI=1S/C10H19NO2.ClH/c11-7-9(10(12)13)8-5-3-1-2-4-6-8;/h8-9H,1-7,11H2,(H,12,13);1H. The third-order valence-corrected chi connectivity index (χ3v) is 3.04. The van der Waals surface area contributed by atoms with E-state index in [0.29, 0.717) is 12.5 Å². The number of nitrogens with two attached hydrogens (primary N) is 1. The van der Waals surface area contributed by atoms with E-state index in [-0.39, 0.29) is 18.3 Å². The third kappa shape index (κ3) is 3.84. The predicted molar refractivity (Wildman–Crippen MR) is 58.6 cm³/mol. The molecule has 3 nitrogen and oxygen atoms in total. The average Bonchev–Trinajstić information content (AvgIpc) is 2.33. The van der Waals surface area contributed by atoms with E-state index in [9.17, 15) is 4.79 Å². The molecule has 4 heteroatoms. The van der Waals surface area contributed by atoms with Gasteiger partial charge in [0.1, 0.15) is 0 Å². The molecule has 1 saturated carbocycles. The van der Waals surface area contributed by atoms with Crippen molar-refractivity contribution in [3.63, 3.8) is 0 Å². The molecule has 0 aromatic rings. The van der Waals surface area contributed by atoms with Gasteiger partial charge in [0.2, 0.25) is 0 Å². The van der Waals surface area contributed by atoms with E-state index >= 15 is 0 Å². The Hall–Kier alpha value is -0.280. The molecule has 0 aromatic carbocycles. The van der Waals surface area contributed by atoms with Gasteiger partial charge in [0.15, 0.2) is 0 Å². The quantitative estimate of drug-likeness (QED) is 0.717. The molecule has 0 amide bonds. The SMILES string of the molecule is Cl.NCC(C(=O)O)C1CCCCCC1. The Morgan fingerprint density at radius 2 is 1.79 bits per heavy atom. The van der Waals surface area contributed by atoms with Gasteiger partial charge < -0.3 is 10.8 Å². The summed E-state index contributed by atoms with van der Waals surface area (Å²) in [6.07, 6.45) is 6.96. The van der Waals surface area contributed by atoms with Gasteiger partial charge in [-0.25, -0.2) is 0 Å². The van der Waals surface area contributed by atoms with Gasteiger partial charge in [0.05, 0.1) is 5.92 Å². The van der Waals surface area contributed by atoms with Crippen molar-refractivity contribution < 1.29 is 9.90 Å². The summed E-state index contributed by atoms with van der Waals surface area (Å²) in [5, 5.41) is 8.94. The lowest BCUT2D eigenvalue weighted by Crippen LogP contribution is -2.30. The summed E-state index contributed by atoms with van der Waals surface area (Å²) in [4.78, 5) is 10.9. The summed E-state index contributed by atoms with van der Waals surface area (Å²) >= 11 is 0. The maximum atomic E-state index is 10.9. The Labute approximate surface area is 91.5 Å². The van der Waals surface area contributed by atoms with Crippen LogP contribution in [0.15, 0.2) is 0 Å². The summed E-state index contributed by atoms with van der Waals surface area (Å²) in [5.74, 6) is -0.697. The van der Waals surface area contributed by atoms with Crippen molar-refractivity contribution in [1.82, 2.24) is 0 Å². The van der Waals surface area contributed by atoms with E-state index in [4.69, 9.17) is 10.8 Å². The fraction of sp³-hybridized carbons (Fsp3) is 0.900. The molecule has 3 N–H and O–H groups in total. The molecule has 0 saturated heterocycles. The third-order valence-electron chi connectivity index (χ3n) is 3.04. The van der Waals surface area contributed by atoms with Crippen molar-refractivity contribution in [2.45, 2.75) is 38.5 Å². The van der Waals surface area contributed by atoms with Gasteiger partial charge >= 0.3 is 5.97 Å². The number of rotatable bonds is 3. The number of carboxylic acid groups (broad SMARTS) is 1. The van der Waals surface area contributed by atoms with Crippen LogP contribution in [0.25, 0.3) is 0 Å². The Kier molecular flexibility index (Phi) is 6.93. The van der Waals surface area contributed by atoms with Crippen LogP contribution in [0.2, 0.25) is 0 Å². The smallest absolute Gasteiger partial charge is 0.308 e. The van der Waals surface area contributed by atoms with E-state index < -0.39 is 5.97 Å². The summed E-state index contributed by atoms with van der Waals surface area (Å²) < 4.78 is 0. The monoisotopic (exact) mass is 221 g/mol. The number of halogens is 1. The van der Waals surface area contributed by atoms with Crippen molar-refractivity contribution in [1.29, 1.82) is 0 Å². The highest BCUT2D eigenvalue weighted by Crippen LogP contribution is 2.28. The lowest BCUT2D eigenvalue weighted by Gasteiger charge is -2.20.